The summed E-state index contributed by atoms with van der Waals surface area (Å²) in [4.78, 5) is 2.56. The molecule has 0 aromatic heterocycles. The van der Waals surface area contributed by atoms with Crippen LogP contribution >= 0.6 is 0 Å². The maximum Gasteiger partial charge on any atom is 0.0320 e. The van der Waals surface area contributed by atoms with Gasteiger partial charge in [0.2, 0.25) is 0 Å². The lowest BCUT2D eigenvalue weighted by Gasteiger charge is -2.26. The van der Waals surface area contributed by atoms with E-state index in [4.69, 9.17) is 5.73 Å². The highest BCUT2D eigenvalue weighted by Crippen LogP contribution is 2.20. The van der Waals surface area contributed by atoms with Gasteiger partial charge in [0.15, 0.2) is 0 Å². The van der Waals surface area contributed by atoms with Gasteiger partial charge >= 0.3 is 0 Å². The van der Waals surface area contributed by atoms with Gasteiger partial charge in [-0.25, -0.2) is 0 Å². The SMILES string of the molecule is Nc1ccc2cc(CN3CCCCC3)ccc2c1. The van der Waals surface area contributed by atoms with Crippen molar-refractivity contribution in [3.05, 3.63) is 42.0 Å². The van der Waals surface area contributed by atoms with Crippen molar-refractivity contribution in [2.45, 2.75) is 25.8 Å². The molecule has 18 heavy (non-hydrogen) atoms. The van der Waals surface area contributed by atoms with Crippen molar-refractivity contribution >= 4 is 16.5 Å². The van der Waals surface area contributed by atoms with E-state index < -0.39 is 0 Å². The topological polar surface area (TPSA) is 29.3 Å². The van der Waals surface area contributed by atoms with E-state index in [0.717, 1.165) is 12.2 Å². The number of anilines is 1. The van der Waals surface area contributed by atoms with Crippen LogP contribution in [0.3, 0.4) is 0 Å². The van der Waals surface area contributed by atoms with E-state index in [1.165, 1.54) is 48.7 Å². The van der Waals surface area contributed by atoms with Gasteiger partial charge in [0.05, 0.1) is 0 Å². The Morgan fingerprint density at radius 3 is 2.44 bits per heavy atom. The summed E-state index contributed by atoms with van der Waals surface area (Å²) in [5, 5.41) is 2.52. The van der Waals surface area contributed by atoms with Crippen LogP contribution in [0.25, 0.3) is 10.8 Å². The van der Waals surface area contributed by atoms with Gasteiger partial charge in [-0.1, -0.05) is 24.6 Å². The van der Waals surface area contributed by atoms with Crippen molar-refractivity contribution in [1.29, 1.82) is 0 Å². The van der Waals surface area contributed by atoms with Crippen molar-refractivity contribution in [2.75, 3.05) is 18.8 Å². The predicted molar refractivity (Wildman–Crippen MR) is 77.5 cm³/mol. The number of nitrogens with zero attached hydrogens (tertiary/aromatic N) is 1. The van der Waals surface area contributed by atoms with E-state index in [1.54, 1.807) is 0 Å². The fraction of sp³-hybridized carbons (Fsp3) is 0.375. The Morgan fingerprint density at radius 2 is 1.61 bits per heavy atom. The zero-order chi connectivity index (χ0) is 12.4. The Morgan fingerprint density at radius 1 is 0.889 bits per heavy atom. The van der Waals surface area contributed by atoms with E-state index in [-0.39, 0.29) is 0 Å². The molecule has 2 N–H and O–H groups in total. The third-order valence-electron chi connectivity index (χ3n) is 3.78. The quantitative estimate of drug-likeness (QED) is 0.815. The Hall–Kier alpha value is -1.54. The first-order valence-corrected chi connectivity index (χ1v) is 6.82. The molecule has 0 radical (unpaired) electrons. The van der Waals surface area contributed by atoms with Crippen LogP contribution in [-0.2, 0) is 6.54 Å². The van der Waals surface area contributed by atoms with Gasteiger partial charge in [-0.15, -0.1) is 0 Å². The fourth-order valence-electron chi connectivity index (χ4n) is 2.79. The molecular formula is C16H20N2. The fourth-order valence-corrected chi connectivity index (χ4v) is 2.79. The molecule has 1 aliphatic rings. The number of likely N-dealkylation sites (tertiary alicyclic amines) is 1. The Labute approximate surface area is 108 Å². The smallest absolute Gasteiger partial charge is 0.0320 e. The summed E-state index contributed by atoms with van der Waals surface area (Å²) < 4.78 is 0. The van der Waals surface area contributed by atoms with Crippen molar-refractivity contribution in [2.24, 2.45) is 0 Å². The highest BCUT2D eigenvalue weighted by Gasteiger charge is 2.10. The number of fused-ring (bicyclic) bond motifs is 1. The van der Waals surface area contributed by atoms with Crippen LogP contribution in [0.2, 0.25) is 0 Å². The largest absolute Gasteiger partial charge is 0.399 e. The molecule has 0 unspecified atom stereocenters. The second-order valence-corrected chi connectivity index (χ2v) is 5.28. The zero-order valence-corrected chi connectivity index (χ0v) is 10.7. The first-order chi connectivity index (χ1) is 8.81. The molecule has 2 aromatic carbocycles. The monoisotopic (exact) mass is 240 g/mol. The Bertz CT molecular complexity index is 542. The number of hydrogen-bond acceptors (Lipinski definition) is 2. The van der Waals surface area contributed by atoms with Gasteiger partial charge in [-0.3, -0.25) is 4.90 Å². The lowest BCUT2D eigenvalue weighted by Crippen LogP contribution is -2.29. The number of rotatable bonds is 2. The lowest BCUT2D eigenvalue weighted by atomic mass is 10.0. The molecule has 0 spiro atoms. The predicted octanol–water partition coefficient (Wildman–Crippen LogP) is 3.41. The van der Waals surface area contributed by atoms with E-state index >= 15 is 0 Å². The summed E-state index contributed by atoms with van der Waals surface area (Å²) in [6.07, 6.45) is 4.10. The lowest BCUT2D eigenvalue weighted by molar-refractivity contribution is 0.221. The molecule has 1 fully saturated rings. The van der Waals surface area contributed by atoms with Crippen LogP contribution in [0.4, 0.5) is 5.69 Å². The number of nitrogen functional groups attached to an aromatic ring is 1. The average molecular weight is 240 g/mol. The van der Waals surface area contributed by atoms with Crippen molar-refractivity contribution in [3.63, 3.8) is 0 Å². The first kappa shape index (κ1) is 11.5. The molecule has 1 heterocycles. The van der Waals surface area contributed by atoms with Gasteiger partial charge < -0.3 is 5.73 Å². The van der Waals surface area contributed by atoms with Crippen molar-refractivity contribution in [3.8, 4) is 0 Å². The van der Waals surface area contributed by atoms with Crippen LogP contribution in [0.1, 0.15) is 24.8 Å². The normalized spacial score (nSPS) is 17.1. The molecule has 0 aliphatic carbocycles. The molecule has 2 nitrogen and oxygen atoms in total. The van der Waals surface area contributed by atoms with E-state index in [9.17, 15) is 0 Å². The Balaban J connectivity index is 1.82. The molecule has 0 amide bonds. The number of benzene rings is 2. The van der Waals surface area contributed by atoms with Crippen LogP contribution in [0.5, 0.6) is 0 Å². The molecule has 0 bridgehead atoms. The summed E-state index contributed by atoms with van der Waals surface area (Å²) in [5.74, 6) is 0. The maximum absolute atomic E-state index is 5.80. The first-order valence-electron chi connectivity index (χ1n) is 6.82. The Kier molecular flexibility index (Phi) is 3.20. The van der Waals surface area contributed by atoms with E-state index in [1.807, 2.05) is 12.1 Å². The number of hydrogen-bond donors (Lipinski definition) is 1. The number of nitrogens with two attached hydrogens (primary N) is 1. The molecule has 0 saturated carbocycles. The minimum atomic E-state index is 0.839. The van der Waals surface area contributed by atoms with E-state index in [0.29, 0.717) is 0 Å². The summed E-state index contributed by atoms with van der Waals surface area (Å²) in [5.41, 5.74) is 8.05. The highest BCUT2D eigenvalue weighted by atomic mass is 15.1. The molecule has 3 rings (SSSR count). The van der Waals surface area contributed by atoms with Gasteiger partial charge in [0.25, 0.3) is 0 Å². The maximum atomic E-state index is 5.80. The van der Waals surface area contributed by atoms with Crippen LogP contribution in [0, 0.1) is 0 Å². The third kappa shape index (κ3) is 2.49. The standard InChI is InChI=1S/C16H20N2/c17-16-7-6-14-10-13(4-5-15(14)11-16)12-18-8-2-1-3-9-18/h4-7,10-11H,1-3,8-9,12,17H2. The van der Waals surface area contributed by atoms with Crippen LogP contribution < -0.4 is 5.73 Å². The van der Waals surface area contributed by atoms with Gasteiger partial charge in [-0.05, 0) is 60.5 Å². The van der Waals surface area contributed by atoms with E-state index in [2.05, 4.69) is 29.2 Å². The minimum absolute atomic E-state index is 0.839. The molecule has 2 aromatic rings. The average Bonchev–Trinajstić information content (AvgIpc) is 2.40. The molecular weight excluding hydrogens is 220 g/mol. The second kappa shape index (κ2) is 4.99. The van der Waals surface area contributed by atoms with Crippen LogP contribution in [0.15, 0.2) is 36.4 Å². The summed E-state index contributed by atoms with van der Waals surface area (Å²) in [6, 6.07) is 12.8. The summed E-state index contributed by atoms with van der Waals surface area (Å²) >= 11 is 0. The minimum Gasteiger partial charge on any atom is -0.399 e. The molecule has 2 heteroatoms. The molecule has 1 aliphatic heterocycles. The highest BCUT2D eigenvalue weighted by molar-refractivity contribution is 5.85. The van der Waals surface area contributed by atoms with Crippen LogP contribution in [-0.4, -0.2) is 18.0 Å². The summed E-state index contributed by atoms with van der Waals surface area (Å²) in [6.45, 7) is 3.58. The number of piperidine rings is 1. The molecule has 94 valence electrons. The van der Waals surface area contributed by atoms with Crippen molar-refractivity contribution in [1.82, 2.24) is 4.90 Å². The molecule has 1 saturated heterocycles. The van der Waals surface area contributed by atoms with Gasteiger partial charge in [0, 0.05) is 12.2 Å². The zero-order valence-electron chi connectivity index (χ0n) is 10.7. The molecule has 0 atom stereocenters. The van der Waals surface area contributed by atoms with Crippen molar-refractivity contribution < 1.29 is 0 Å². The summed E-state index contributed by atoms with van der Waals surface area (Å²) in [7, 11) is 0. The van der Waals surface area contributed by atoms with Gasteiger partial charge in [-0.2, -0.15) is 0 Å². The second-order valence-electron chi connectivity index (χ2n) is 5.28. The van der Waals surface area contributed by atoms with Gasteiger partial charge in [0.1, 0.15) is 0 Å². The third-order valence-corrected chi connectivity index (χ3v) is 3.78.